The van der Waals surface area contributed by atoms with Gasteiger partial charge in [0.05, 0.1) is 12.8 Å². The Kier molecular flexibility index (Phi) is 3.91. The summed E-state index contributed by atoms with van der Waals surface area (Å²) in [5.74, 6) is -0.615. The van der Waals surface area contributed by atoms with Crippen molar-refractivity contribution in [2.45, 2.75) is 32.2 Å². The van der Waals surface area contributed by atoms with Crippen LogP contribution >= 0.6 is 0 Å². The number of rotatable bonds is 3. The number of likely N-dealkylation sites (tertiary alicyclic amines) is 1. The third-order valence-corrected chi connectivity index (χ3v) is 2.96. The van der Waals surface area contributed by atoms with E-state index in [4.69, 9.17) is 4.74 Å². The number of carbonyl (C=O) groups excluding carboxylic acids is 2. The third kappa shape index (κ3) is 2.49. The molecule has 1 amide bonds. The van der Waals surface area contributed by atoms with Gasteiger partial charge in [-0.3, -0.25) is 4.79 Å². The second-order valence-corrected chi connectivity index (χ2v) is 4.12. The Morgan fingerprint density at radius 1 is 1.56 bits per heavy atom. The average Bonchev–Trinajstić information content (AvgIpc) is 2.92. The summed E-state index contributed by atoms with van der Waals surface area (Å²) >= 11 is 0. The molecule has 1 aromatic rings. The maximum atomic E-state index is 12.2. The fraction of sp³-hybridized carbons (Fsp3) is 0.636. The molecule has 1 N–H and O–H groups in total. The highest BCUT2D eigenvalue weighted by atomic mass is 16.5. The summed E-state index contributed by atoms with van der Waals surface area (Å²) in [5, 5.41) is 9.75. The van der Waals surface area contributed by atoms with Gasteiger partial charge in [0.25, 0.3) is 5.91 Å². The highest BCUT2D eigenvalue weighted by Gasteiger charge is 2.34. The predicted molar refractivity (Wildman–Crippen MR) is 61.7 cm³/mol. The van der Waals surface area contributed by atoms with Crippen LogP contribution in [0.2, 0.25) is 0 Å². The largest absolute Gasteiger partial charge is 0.464 e. The van der Waals surface area contributed by atoms with E-state index < -0.39 is 6.04 Å². The first-order valence-electron chi connectivity index (χ1n) is 6.07. The Balaban J connectivity index is 2.12. The summed E-state index contributed by atoms with van der Waals surface area (Å²) in [5.41, 5.74) is 0.228. The minimum Gasteiger partial charge on any atom is -0.464 e. The van der Waals surface area contributed by atoms with Gasteiger partial charge in [-0.05, 0) is 26.2 Å². The zero-order valence-corrected chi connectivity index (χ0v) is 10.3. The lowest BCUT2D eigenvalue weighted by Crippen LogP contribution is -2.48. The molecule has 1 fully saturated rings. The molecule has 0 radical (unpaired) electrons. The van der Waals surface area contributed by atoms with Crippen molar-refractivity contribution in [1.82, 2.24) is 20.3 Å². The molecular formula is C11H16N4O3. The van der Waals surface area contributed by atoms with Crippen molar-refractivity contribution >= 4 is 11.9 Å². The SMILES string of the molecule is CCOC(=O)C1CCCCN1C(=O)c1cn[nH]n1. The van der Waals surface area contributed by atoms with Gasteiger partial charge in [-0.1, -0.05) is 0 Å². The lowest BCUT2D eigenvalue weighted by atomic mass is 10.0. The van der Waals surface area contributed by atoms with E-state index in [0.717, 1.165) is 12.8 Å². The Morgan fingerprint density at radius 2 is 2.39 bits per heavy atom. The van der Waals surface area contributed by atoms with Gasteiger partial charge in [0, 0.05) is 6.54 Å². The van der Waals surface area contributed by atoms with Crippen LogP contribution in [0.5, 0.6) is 0 Å². The number of hydrogen-bond donors (Lipinski definition) is 1. The van der Waals surface area contributed by atoms with Crippen molar-refractivity contribution < 1.29 is 14.3 Å². The van der Waals surface area contributed by atoms with E-state index in [1.807, 2.05) is 0 Å². The molecular weight excluding hydrogens is 236 g/mol. The summed E-state index contributed by atoms with van der Waals surface area (Å²) in [6.45, 7) is 2.63. The molecule has 1 unspecified atom stereocenters. The Bertz CT molecular complexity index is 418. The van der Waals surface area contributed by atoms with Gasteiger partial charge >= 0.3 is 5.97 Å². The normalized spacial score (nSPS) is 19.6. The number of aromatic nitrogens is 3. The first-order valence-corrected chi connectivity index (χ1v) is 6.07. The standard InChI is InChI=1S/C11H16N4O3/c1-2-18-11(17)9-5-3-4-6-15(9)10(16)8-7-12-14-13-8/h7,9H,2-6H2,1H3,(H,12,13,14). The first kappa shape index (κ1) is 12.5. The van der Waals surface area contributed by atoms with Gasteiger partial charge in [0.1, 0.15) is 6.04 Å². The smallest absolute Gasteiger partial charge is 0.328 e. The number of H-pyrrole nitrogens is 1. The molecule has 2 heterocycles. The summed E-state index contributed by atoms with van der Waals surface area (Å²) in [6, 6.07) is -0.497. The van der Waals surface area contributed by atoms with E-state index in [9.17, 15) is 9.59 Å². The minimum atomic E-state index is -0.497. The summed E-state index contributed by atoms with van der Waals surface area (Å²) in [4.78, 5) is 25.5. The van der Waals surface area contributed by atoms with Crippen molar-refractivity contribution in [2.24, 2.45) is 0 Å². The topological polar surface area (TPSA) is 88.2 Å². The van der Waals surface area contributed by atoms with Crippen molar-refractivity contribution in [3.8, 4) is 0 Å². The van der Waals surface area contributed by atoms with Gasteiger partial charge in [-0.15, -0.1) is 0 Å². The van der Waals surface area contributed by atoms with Gasteiger partial charge < -0.3 is 9.64 Å². The number of piperidine rings is 1. The van der Waals surface area contributed by atoms with Gasteiger partial charge in [0.2, 0.25) is 0 Å². The number of aromatic amines is 1. The molecule has 0 aromatic carbocycles. The molecule has 98 valence electrons. The average molecular weight is 252 g/mol. The molecule has 1 aliphatic heterocycles. The maximum absolute atomic E-state index is 12.2. The fourth-order valence-electron chi connectivity index (χ4n) is 2.11. The van der Waals surface area contributed by atoms with Gasteiger partial charge in [-0.25, -0.2) is 4.79 Å². The number of nitrogens with zero attached hydrogens (tertiary/aromatic N) is 3. The van der Waals surface area contributed by atoms with Crippen LogP contribution in [0.4, 0.5) is 0 Å². The summed E-state index contributed by atoms with van der Waals surface area (Å²) in [7, 11) is 0. The van der Waals surface area contributed by atoms with Gasteiger partial charge in [-0.2, -0.15) is 15.4 Å². The molecule has 0 saturated carbocycles. The monoisotopic (exact) mass is 252 g/mol. The second kappa shape index (κ2) is 5.61. The van der Waals surface area contributed by atoms with E-state index >= 15 is 0 Å². The Labute approximate surface area is 104 Å². The number of ether oxygens (including phenoxy) is 1. The lowest BCUT2D eigenvalue weighted by molar-refractivity contribution is -0.149. The van der Waals surface area contributed by atoms with E-state index in [-0.39, 0.29) is 17.6 Å². The number of carbonyl (C=O) groups is 2. The molecule has 0 aliphatic carbocycles. The third-order valence-electron chi connectivity index (χ3n) is 2.96. The molecule has 0 spiro atoms. The molecule has 1 saturated heterocycles. The quantitative estimate of drug-likeness (QED) is 0.785. The van der Waals surface area contributed by atoms with Crippen LogP contribution in [0.3, 0.4) is 0 Å². The van der Waals surface area contributed by atoms with Crippen LogP contribution in [0.1, 0.15) is 36.7 Å². The predicted octanol–water partition coefficient (Wildman–Crippen LogP) is 0.362. The molecule has 2 rings (SSSR count). The number of hydrogen-bond acceptors (Lipinski definition) is 5. The van der Waals surface area contributed by atoms with E-state index in [1.165, 1.54) is 11.1 Å². The first-order chi connectivity index (χ1) is 8.74. The van der Waals surface area contributed by atoms with Crippen molar-refractivity contribution in [3.05, 3.63) is 11.9 Å². The van der Waals surface area contributed by atoms with Crippen LogP contribution < -0.4 is 0 Å². The summed E-state index contributed by atoms with van der Waals surface area (Å²) < 4.78 is 5.00. The minimum absolute atomic E-state index is 0.228. The Hall–Kier alpha value is -1.92. The molecule has 1 atom stereocenters. The summed E-state index contributed by atoms with van der Waals surface area (Å²) in [6.07, 6.45) is 3.81. The maximum Gasteiger partial charge on any atom is 0.328 e. The molecule has 1 aromatic heterocycles. The van der Waals surface area contributed by atoms with Crippen molar-refractivity contribution in [1.29, 1.82) is 0 Å². The Morgan fingerprint density at radius 3 is 3.06 bits per heavy atom. The van der Waals surface area contributed by atoms with Gasteiger partial charge in [0.15, 0.2) is 5.69 Å². The highest BCUT2D eigenvalue weighted by Crippen LogP contribution is 2.20. The van der Waals surface area contributed by atoms with E-state index in [2.05, 4.69) is 15.4 Å². The van der Waals surface area contributed by atoms with Crippen LogP contribution in [-0.2, 0) is 9.53 Å². The molecule has 18 heavy (non-hydrogen) atoms. The molecule has 0 bridgehead atoms. The molecule has 7 nitrogen and oxygen atoms in total. The number of nitrogens with one attached hydrogen (secondary N) is 1. The second-order valence-electron chi connectivity index (χ2n) is 4.12. The fourth-order valence-corrected chi connectivity index (χ4v) is 2.11. The molecule has 7 heteroatoms. The van der Waals surface area contributed by atoms with E-state index in [0.29, 0.717) is 19.6 Å². The van der Waals surface area contributed by atoms with Crippen LogP contribution in [0.25, 0.3) is 0 Å². The lowest BCUT2D eigenvalue weighted by Gasteiger charge is -2.33. The zero-order chi connectivity index (χ0) is 13.0. The number of amides is 1. The number of esters is 1. The van der Waals surface area contributed by atoms with E-state index in [1.54, 1.807) is 6.92 Å². The van der Waals surface area contributed by atoms with Crippen LogP contribution in [-0.4, -0.2) is 51.4 Å². The van der Waals surface area contributed by atoms with Crippen molar-refractivity contribution in [2.75, 3.05) is 13.2 Å². The molecule has 1 aliphatic rings. The zero-order valence-electron chi connectivity index (χ0n) is 10.3. The highest BCUT2D eigenvalue weighted by molar-refractivity contribution is 5.95. The van der Waals surface area contributed by atoms with Crippen molar-refractivity contribution in [3.63, 3.8) is 0 Å². The van der Waals surface area contributed by atoms with Crippen LogP contribution in [0.15, 0.2) is 6.20 Å². The van der Waals surface area contributed by atoms with Crippen LogP contribution in [0, 0.1) is 0 Å².